The molecule has 2 aromatic rings. The topological polar surface area (TPSA) is 56.5 Å². The van der Waals surface area contributed by atoms with Crippen LogP contribution in [0, 0.1) is 6.92 Å². The zero-order valence-electron chi connectivity index (χ0n) is 10.8. The Bertz CT molecular complexity index is 611. The number of fused-ring (bicyclic) bond motifs is 1. The maximum atomic E-state index is 5.80. The lowest BCUT2D eigenvalue weighted by atomic mass is 10.1. The molecule has 98 valence electrons. The number of hydrogen-bond donors (Lipinski definition) is 2. The van der Waals surface area contributed by atoms with Crippen molar-refractivity contribution in [2.75, 3.05) is 17.8 Å². The number of anilines is 2. The third-order valence-corrected chi connectivity index (χ3v) is 3.20. The maximum Gasteiger partial charge on any atom is 0.231 e. The Hall–Kier alpha value is -2.36. The minimum absolute atomic E-state index is 0.309. The highest BCUT2D eigenvalue weighted by Crippen LogP contribution is 2.32. The Labute approximate surface area is 112 Å². The van der Waals surface area contributed by atoms with Crippen LogP contribution in [0.2, 0.25) is 0 Å². The molecule has 4 nitrogen and oxygen atoms in total. The van der Waals surface area contributed by atoms with Crippen molar-refractivity contribution in [3.8, 4) is 11.5 Å². The molecule has 0 aliphatic carbocycles. The second-order valence-corrected chi connectivity index (χ2v) is 4.61. The van der Waals surface area contributed by atoms with E-state index >= 15 is 0 Å². The Morgan fingerprint density at radius 2 is 1.95 bits per heavy atom. The Morgan fingerprint density at radius 1 is 1.11 bits per heavy atom. The van der Waals surface area contributed by atoms with Gasteiger partial charge in [-0.2, -0.15) is 0 Å². The van der Waals surface area contributed by atoms with Crippen molar-refractivity contribution in [3.63, 3.8) is 0 Å². The summed E-state index contributed by atoms with van der Waals surface area (Å²) in [6, 6.07) is 11.9. The Morgan fingerprint density at radius 3 is 2.79 bits per heavy atom. The van der Waals surface area contributed by atoms with E-state index in [-0.39, 0.29) is 0 Å². The first kappa shape index (κ1) is 11.7. The molecule has 0 radical (unpaired) electrons. The molecule has 0 unspecified atom stereocenters. The van der Waals surface area contributed by atoms with Gasteiger partial charge in [0.1, 0.15) is 0 Å². The molecule has 0 atom stereocenters. The van der Waals surface area contributed by atoms with Gasteiger partial charge in [-0.1, -0.05) is 6.07 Å². The fourth-order valence-corrected chi connectivity index (χ4v) is 2.04. The molecule has 0 saturated carbocycles. The first-order valence-corrected chi connectivity index (χ1v) is 6.21. The molecule has 3 N–H and O–H groups in total. The van der Waals surface area contributed by atoms with E-state index in [9.17, 15) is 0 Å². The molecular weight excluding hydrogens is 240 g/mol. The predicted molar refractivity (Wildman–Crippen MR) is 75.5 cm³/mol. The number of aryl methyl sites for hydroxylation is 1. The monoisotopic (exact) mass is 256 g/mol. The first-order chi connectivity index (χ1) is 9.22. The van der Waals surface area contributed by atoms with E-state index in [0.717, 1.165) is 40.5 Å². The van der Waals surface area contributed by atoms with E-state index in [1.54, 1.807) is 0 Å². The second kappa shape index (κ2) is 4.72. The second-order valence-electron chi connectivity index (χ2n) is 4.61. The van der Waals surface area contributed by atoms with Crippen LogP contribution in [-0.4, -0.2) is 6.79 Å². The molecule has 0 aromatic heterocycles. The van der Waals surface area contributed by atoms with Gasteiger partial charge >= 0.3 is 0 Å². The highest BCUT2D eigenvalue weighted by molar-refractivity contribution is 5.57. The molecule has 2 aromatic carbocycles. The zero-order valence-corrected chi connectivity index (χ0v) is 10.8. The third kappa shape index (κ3) is 2.42. The van der Waals surface area contributed by atoms with E-state index < -0.39 is 0 Å². The van der Waals surface area contributed by atoms with Crippen LogP contribution in [-0.2, 0) is 6.54 Å². The van der Waals surface area contributed by atoms with Crippen molar-refractivity contribution >= 4 is 11.4 Å². The van der Waals surface area contributed by atoms with Gasteiger partial charge in [0, 0.05) is 17.9 Å². The van der Waals surface area contributed by atoms with E-state index in [1.807, 2.05) is 43.3 Å². The normalized spacial score (nSPS) is 12.5. The van der Waals surface area contributed by atoms with Crippen molar-refractivity contribution in [1.29, 1.82) is 0 Å². The SMILES string of the molecule is Cc1cc(NCc2ccc3c(c2)OCO3)ccc1N. The molecule has 0 amide bonds. The van der Waals surface area contributed by atoms with E-state index in [4.69, 9.17) is 15.2 Å². The number of nitrogens with one attached hydrogen (secondary N) is 1. The lowest BCUT2D eigenvalue weighted by molar-refractivity contribution is 0.174. The lowest BCUT2D eigenvalue weighted by Gasteiger charge is -2.09. The first-order valence-electron chi connectivity index (χ1n) is 6.21. The van der Waals surface area contributed by atoms with Crippen LogP contribution < -0.4 is 20.5 Å². The molecule has 4 heteroatoms. The summed E-state index contributed by atoms with van der Waals surface area (Å²) in [6.45, 7) is 3.05. The summed E-state index contributed by atoms with van der Waals surface area (Å²) < 4.78 is 10.6. The van der Waals surface area contributed by atoms with Crippen molar-refractivity contribution in [2.45, 2.75) is 13.5 Å². The van der Waals surface area contributed by atoms with Gasteiger partial charge in [0.15, 0.2) is 11.5 Å². The summed E-state index contributed by atoms with van der Waals surface area (Å²) in [6.07, 6.45) is 0. The molecule has 0 fully saturated rings. The van der Waals surface area contributed by atoms with Crippen molar-refractivity contribution in [2.24, 2.45) is 0 Å². The largest absolute Gasteiger partial charge is 0.454 e. The van der Waals surface area contributed by atoms with Gasteiger partial charge in [0.05, 0.1) is 0 Å². The molecular formula is C15H16N2O2. The number of rotatable bonds is 3. The number of hydrogen-bond acceptors (Lipinski definition) is 4. The molecule has 0 spiro atoms. The van der Waals surface area contributed by atoms with Gasteiger partial charge in [0.25, 0.3) is 0 Å². The van der Waals surface area contributed by atoms with Crippen LogP contribution in [0.25, 0.3) is 0 Å². The van der Waals surface area contributed by atoms with E-state index in [1.165, 1.54) is 0 Å². The van der Waals surface area contributed by atoms with E-state index in [0.29, 0.717) is 6.79 Å². The van der Waals surface area contributed by atoms with Crippen molar-refractivity contribution in [3.05, 3.63) is 47.5 Å². The van der Waals surface area contributed by atoms with Crippen molar-refractivity contribution in [1.82, 2.24) is 0 Å². The minimum Gasteiger partial charge on any atom is -0.454 e. The summed E-state index contributed by atoms with van der Waals surface area (Å²) in [5.74, 6) is 1.62. The number of nitrogens with two attached hydrogens (primary N) is 1. The fraction of sp³-hybridized carbons (Fsp3) is 0.200. The average molecular weight is 256 g/mol. The molecule has 19 heavy (non-hydrogen) atoms. The smallest absolute Gasteiger partial charge is 0.231 e. The van der Waals surface area contributed by atoms with Crippen LogP contribution in [0.15, 0.2) is 36.4 Å². The van der Waals surface area contributed by atoms with Gasteiger partial charge in [-0.15, -0.1) is 0 Å². The van der Waals surface area contributed by atoms with Crippen LogP contribution in [0.5, 0.6) is 11.5 Å². The minimum atomic E-state index is 0.309. The molecule has 0 saturated heterocycles. The van der Waals surface area contributed by atoms with Gasteiger partial charge in [-0.05, 0) is 48.4 Å². The Kier molecular flexibility index (Phi) is 2.91. The third-order valence-electron chi connectivity index (χ3n) is 3.20. The molecule has 1 heterocycles. The molecule has 0 bridgehead atoms. The van der Waals surface area contributed by atoms with Gasteiger partial charge < -0.3 is 20.5 Å². The Balaban J connectivity index is 1.70. The summed E-state index contributed by atoms with van der Waals surface area (Å²) in [4.78, 5) is 0. The average Bonchev–Trinajstić information content (AvgIpc) is 2.87. The van der Waals surface area contributed by atoms with Crippen LogP contribution in [0.1, 0.15) is 11.1 Å². The van der Waals surface area contributed by atoms with Crippen molar-refractivity contribution < 1.29 is 9.47 Å². The molecule has 1 aliphatic heterocycles. The lowest BCUT2D eigenvalue weighted by Crippen LogP contribution is -2.00. The van der Waals surface area contributed by atoms with Gasteiger partial charge in [0.2, 0.25) is 6.79 Å². The predicted octanol–water partition coefficient (Wildman–Crippen LogP) is 2.92. The number of benzene rings is 2. The standard InChI is InChI=1S/C15H16N2O2/c1-10-6-12(3-4-13(10)16)17-8-11-2-5-14-15(7-11)19-9-18-14/h2-7,17H,8-9,16H2,1H3. The van der Waals surface area contributed by atoms with Crippen LogP contribution in [0.4, 0.5) is 11.4 Å². The highest BCUT2D eigenvalue weighted by atomic mass is 16.7. The maximum absolute atomic E-state index is 5.80. The zero-order chi connectivity index (χ0) is 13.2. The number of ether oxygens (including phenoxy) is 2. The molecule has 3 rings (SSSR count). The summed E-state index contributed by atoms with van der Waals surface area (Å²) >= 11 is 0. The number of nitrogen functional groups attached to an aromatic ring is 1. The fourth-order valence-electron chi connectivity index (χ4n) is 2.04. The summed E-state index contributed by atoms with van der Waals surface area (Å²) in [5, 5.41) is 3.37. The van der Waals surface area contributed by atoms with Crippen LogP contribution >= 0.6 is 0 Å². The summed E-state index contributed by atoms with van der Waals surface area (Å²) in [7, 11) is 0. The van der Waals surface area contributed by atoms with Gasteiger partial charge in [-0.3, -0.25) is 0 Å². The van der Waals surface area contributed by atoms with E-state index in [2.05, 4.69) is 5.32 Å². The quantitative estimate of drug-likeness (QED) is 0.829. The highest BCUT2D eigenvalue weighted by Gasteiger charge is 2.12. The summed E-state index contributed by atoms with van der Waals surface area (Å²) in [5.41, 5.74) is 9.90. The van der Waals surface area contributed by atoms with Gasteiger partial charge in [-0.25, -0.2) is 0 Å². The molecule has 1 aliphatic rings. The van der Waals surface area contributed by atoms with Crippen LogP contribution in [0.3, 0.4) is 0 Å².